The Morgan fingerprint density at radius 3 is 1.67 bits per heavy atom. The number of ether oxygens (including phenoxy) is 2. The monoisotopic (exact) mass is 280 g/mol. The summed E-state index contributed by atoms with van der Waals surface area (Å²) in [6.45, 7) is 0. The third-order valence-electron chi connectivity index (χ3n) is 6.44. The zero-order valence-electron chi connectivity index (χ0n) is 12.4. The van der Waals surface area contributed by atoms with Crippen LogP contribution in [0.1, 0.15) is 23.0 Å². The Balaban J connectivity index is 1.70. The summed E-state index contributed by atoms with van der Waals surface area (Å²) in [4.78, 5) is 0. The molecule has 5 aliphatic carbocycles. The first kappa shape index (κ1) is 12.2. The van der Waals surface area contributed by atoms with Crippen LogP contribution in [0.2, 0.25) is 0 Å². The zero-order chi connectivity index (χ0) is 14.2. The highest BCUT2D eigenvalue weighted by Gasteiger charge is 2.67. The lowest BCUT2D eigenvalue weighted by molar-refractivity contribution is -0.234. The number of benzene rings is 1. The van der Waals surface area contributed by atoms with Crippen LogP contribution < -0.4 is 0 Å². The van der Waals surface area contributed by atoms with Crippen molar-refractivity contribution in [3.63, 3.8) is 0 Å². The van der Waals surface area contributed by atoms with E-state index in [1.807, 2.05) is 0 Å². The first-order valence-corrected chi connectivity index (χ1v) is 7.87. The van der Waals surface area contributed by atoms with Crippen molar-refractivity contribution in [3.8, 4) is 0 Å². The van der Waals surface area contributed by atoms with E-state index in [4.69, 9.17) is 9.47 Å². The van der Waals surface area contributed by atoms with Gasteiger partial charge in [0.1, 0.15) is 0 Å². The molecule has 1 aromatic carbocycles. The molecule has 0 aromatic heterocycles. The van der Waals surface area contributed by atoms with Crippen molar-refractivity contribution < 1.29 is 9.47 Å². The Hall–Kier alpha value is -1.38. The summed E-state index contributed by atoms with van der Waals surface area (Å²) >= 11 is 0. The van der Waals surface area contributed by atoms with Crippen LogP contribution in [0.25, 0.3) is 0 Å². The average molecular weight is 280 g/mol. The summed E-state index contributed by atoms with van der Waals surface area (Å²) in [7, 11) is 3.60. The fourth-order valence-corrected chi connectivity index (χ4v) is 5.79. The van der Waals surface area contributed by atoms with Crippen molar-refractivity contribution in [1.29, 1.82) is 0 Å². The molecule has 6 rings (SSSR count). The van der Waals surface area contributed by atoms with Crippen LogP contribution in [0.3, 0.4) is 0 Å². The summed E-state index contributed by atoms with van der Waals surface area (Å²) in [6.07, 6.45) is 9.55. The fraction of sp³-hybridized carbons (Fsp3) is 0.474. The largest absolute Gasteiger partial charge is 0.352 e. The molecule has 1 saturated carbocycles. The molecule has 0 aliphatic heterocycles. The second-order valence-corrected chi connectivity index (χ2v) is 6.79. The molecule has 4 bridgehead atoms. The van der Waals surface area contributed by atoms with E-state index in [1.165, 1.54) is 11.1 Å². The summed E-state index contributed by atoms with van der Waals surface area (Å²) in [5.74, 6) is 2.55. The molecule has 5 aliphatic rings. The molecule has 108 valence electrons. The van der Waals surface area contributed by atoms with E-state index >= 15 is 0 Å². The molecule has 2 nitrogen and oxygen atoms in total. The molecule has 0 unspecified atom stereocenters. The van der Waals surface area contributed by atoms with Gasteiger partial charge in [-0.25, -0.2) is 0 Å². The van der Waals surface area contributed by atoms with Gasteiger partial charge in [0.2, 0.25) is 0 Å². The molecule has 0 spiro atoms. The van der Waals surface area contributed by atoms with Gasteiger partial charge in [-0.1, -0.05) is 48.6 Å². The van der Waals surface area contributed by atoms with Gasteiger partial charge in [0, 0.05) is 37.9 Å². The van der Waals surface area contributed by atoms with Gasteiger partial charge >= 0.3 is 0 Å². The van der Waals surface area contributed by atoms with Crippen LogP contribution in [-0.2, 0) is 9.47 Å². The molecule has 21 heavy (non-hydrogen) atoms. The first-order chi connectivity index (χ1) is 10.3. The molecule has 0 N–H and O–H groups in total. The maximum absolute atomic E-state index is 5.94. The Bertz CT molecular complexity index is 604. The molecule has 1 fully saturated rings. The molecular formula is C19H20O2. The summed E-state index contributed by atoms with van der Waals surface area (Å²) in [5.41, 5.74) is 3.04. The van der Waals surface area contributed by atoms with Crippen molar-refractivity contribution in [2.24, 2.45) is 23.7 Å². The van der Waals surface area contributed by atoms with E-state index in [0.717, 1.165) is 0 Å². The molecule has 0 heterocycles. The number of hydrogen-bond donors (Lipinski definition) is 0. The first-order valence-electron chi connectivity index (χ1n) is 7.87. The molecule has 0 radical (unpaired) electrons. The summed E-state index contributed by atoms with van der Waals surface area (Å²) in [5, 5.41) is 0. The lowest BCUT2D eigenvalue weighted by Crippen LogP contribution is -2.41. The lowest BCUT2D eigenvalue weighted by Gasteiger charge is -2.46. The Labute approximate surface area is 125 Å². The highest BCUT2D eigenvalue weighted by molar-refractivity contribution is 5.49. The van der Waals surface area contributed by atoms with E-state index in [2.05, 4.69) is 48.6 Å². The van der Waals surface area contributed by atoms with E-state index in [9.17, 15) is 0 Å². The number of methoxy groups -OCH3 is 2. The molecule has 6 atom stereocenters. The van der Waals surface area contributed by atoms with Gasteiger partial charge < -0.3 is 9.47 Å². The van der Waals surface area contributed by atoms with Gasteiger partial charge in [-0.15, -0.1) is 0 Å². The van der Waals surface area contributed by atoms with E-state index in [1.54, 1.807) is 14.2 Å². The van der Waals surface area contributed by atoms with Gasteiger partial charge in [0.25, 0.3) is 0 Å². The van der Waals surface area contributed by atoms with Gasteiger partial charge in [-0.3, -0.25) is 0 Å². The number of fused-ring (bicyclic) bond motifs is 2. The third-order valence-corrected chi connectivity index (χ3v) is 6.44. The highest BCUT2D eigenvalue weighted by atomic mass is 16.7. The van der Waals surface area contributed by atoms with Crippen molar-refractivity contribution in [3.05, 3.63) is 59.7 Å². The van der Waals surface area contributed by atoms with Gasteiger partial charge in [0.05, 0.1) is 0 Å². The van der Waals surface area contributed by atoms with Crippen LogP contribution in [0, 0.1) is 23.7 Å². The zero-order valence-corrected chi connectivity index (χ0v) is 12.4. The van der Waals surface area contributed by atoms with Crippen LogP contribution >= 0.6 is 0 Å². The van der Waals surface area contributed by atoms with Crippen molar-refractivity contribution in [2.45, 2.75) is 17.6 Å². The Kier molecular flexibility index (Phi) is 2.25. The number of rotatable bonds is 2. The van der Waals surface area contributed by atoms with Crippen LogP contribution in [0.5, 0.6) is 0 Å². The van der Waals surface area contributed by atoms with Crippen LogP contribution in [0.15, 0.2) is 48.6 Å². The second-order valence-electron chi connectivity index (χ2n) is 6.79. The minimum absolute atomic E-state index is 0.369. The normalized spacial score (nSPS) is 43.1. The number of hydrogen-bond acceptors (Lipinski definition) is 2. The second kappa shape index (κ2) is 3.88. The summed E-state index contributed by atoms with van der Waals surface area (Å²) in [6, 6.07) is 8.96. The number of allylic oxidation sites excluding steroid dienone is 2. The SMILES string of the molecule is COC1(OC)[C@H]2C=C[C@H]1[C@@H]1[C@@H]2[C@@H]2C=C[C@@H]1c1ccccc12. The quantitative estimate of drug-likeness (QED) is 0.610. The molecule has 0 amide bonds. The minimum Gasteiger partial charge on any atom is -0.352 e. The van der Waals surface area contributed by atoms with Gasteiger partial charge in [0.15, 0.2) is 5.79 Å². The van der Waals surface area contributed by atoms with Crippen LogP contribution in [-0.4, -0.2) is 20.0 Å². The Morgan fingerprint density at radius 1 is 0.762 bits per heavy atom. The van der Waals surface area contributed by atoms with Crippen LogP contribution in [0.4, 0.5) is 0 Å². The maximum atomic E-state index is 5.94. The topological polar surface area (TPSA) is 18.5 Å². The minimum atomic E-state index is -0.445. The predicted molar refractivity (Wildman–Crippen MR) is 80.9 cm³/mol. The smallest absolute Gasteiger partial charge is 0.180 e. The average Bonchev–Trinajstić information content (AvgIpc) is 3.07. The van der Waals surface area contributed by atoms with E-state index < -0.39 is 5.79 Å². The van der Waals surface area contributed by atoms with E-state index in [-0.39, 0.29) is 0 Å². The highest BCUT2D eigenvalue weighted by Crippen LogP contribution is 2.68. The maximum Gasteiger partial charge on any atom is 0.180 e. The fourth-order valence-electron chi connectivity index (χ4n) is 5.79. The molecular weight excluding hydrogens is 260 g/mol. The van der Waals surface area contributed by atoms with Crippen molar-refractivity contribution >= 4 is 0 Å². The van der Waals surface area contributed by atoms with Crippen molar-refractivity contribution in [1.82, 2.24) is 0 Å². The molecule has 2 heteroatoms. The van der Waals surface area contributed by atoms with Gasteiger partial charge in [-0.2, -0.15) is 0 Å². The lowest BCUT2D eigenvalue weighted by atomic mass is 9.57. The van der Waals surface area contributed by atoms with E-state index in [0.29, 0.717) is 35.5 Å². The molecule has 1 aromatic rings. The summed E-state index contributed by atoms with van der Waals surface area (Å²) < 4.78 is 11.9. The molecule has 0 saturated heterocycles. The Morgan fingerprint density at radius 2 is 1.24 bits per heavy atom. The standard InChI is InChI=1S/C19H20O2/c1-20-19(21-2)15-9-10-16(19)18-14-8-7-13(17(15)18)11-5-3-4-6-12(11)14/h3-10,13-18H,1-2H3/t13-,14-,15+,16+,17-,18-/m1/s1. The van der Waals surface area contributed by atoms with Crippen molar-refractivity contribution in [2.75, 3.05) is 14.2 Å². The predicted octanol–water partition coefficient (Wildman–Crippen LogP) is 3.47. The third kappa shape index (κ3) is 1.19. The van der Waals surface area contributed by atoms with Gasteiger partial charge in [-0.05, 0) is 23.0 Å².